The second kappa shape index (κ2) is 15.1. The van der Waals surface area contributed by atoms with Crippen LogP contribution in [0.25, 0.3) is 0 Å². The van der Waals surface area contributed by atoms with Gasteiger partial charge in [0.2, 0.25) is 0 Å². The largest absolute Gasteiger partial charge is 0.790 e. The molecule has 0 aliphatic heterocycles. The van der Waals surface area contributed by atoms with Gasteiger partial charge in [0.25, 0.3) is 0 Å². The molecule has 0 saturated carbocycles. The van der Waals surface area contributed by atoms with Crippen LogP contribution in [-0.4, -0.2) is 27.5 Å². The minimum atomic E-state index is -5.14. The molecule has 0 rings (SSSR count). The molecule has 0 heterocycles. The molecule has 17 heteroatoms. The number of hydrogen-bond acceptors (Lipinski definition) is 8. The SMILES string of the molecule is O=P([O-])([O-])O.O=S(=O)(O)O.O=[N+]([O-])[O-].[NH4+].[NH4+].[NH4+]. The molecule has 15 N–H and O–H groups in total. The highest BCUT2D eigenvalue weighted by Gasteiger charge is 1.84. The minimum absolute atomic E-state index is 0. The van der Waals surface area contributed by atoms with Crippen LogP contribution in [0.1, 0.15) is 0 Å². The predicted octanol–water partition coefficient (Wildman–Crippen LogP) is -1.96. The van der Waals surface area contributed by atoms with Crippen molar-refractivity contribution in [3.05, 3.63) is 15.3 Å². The molecule has 17 heavy (non-hydrogen) atoms. The highest BCUT2D eigenvalue weighted by molar-refractivity contribution is 7.79. The van der Waals surface area contributed by atoms with Gasteiger partial charge in [0.15, 0.2) is 0 Å². The summed E-state index contributed by atoms with van der Waals surface area (Å²) in [4.78, 5) is 32.5. The van der Waals surface area contributed by atoms with Crippen LogP contribution in [0.4, 0.5) is 0 Å². The van der Waals surface area contributed by atoms with E-state index in [0.29, 0.717) is 0 Å². The number of phosphoric acid groups is 1. The molecule has 0 radical (unpaired) electrons. The summed E-state index contributed by atoms with van der Waals surface area (Å²) < 4.78 is 40.2. The van der Waals surface area contributed by atoms with Gasteiger partial charge >= 0.3 is 10.4 Å². The van der Waals surface area contributed by atoms with Crippen molar-refractivity contribution < 1.29 is 41.9 Å². The molecule has 0 amide bonds. The molecule has 15 nitrogen and oxygen atoms in total. The summed E-state index contributed by atoms with van der Waals surface area (Å²) in [5, 5.41) is 14.8. The van der Waals surface area contributed by atoms with Crippen LogP contribution in [0.3, 0.4) is 0 Å². The van der Waals surface area contributed by atoms with Gasteiger partial charge < -0.3 is 53.0 Å². The van der Waals surface area contributed by atoms with Crippen LogP contribution in [-0.2, 0) is 15.0 Å². The minimum Gasteiger partial charge on any atom is -0.790 e. The number of hydrogen-bond donors (Lipinski definition) is 6. The maximum Gasteiger partial charge on any atom is 0.394 e. The zero-order valence-electron chi connectivity index (χ0n) is 8.91. The molecular formula is H15N4O11PS. The Labute approximate surface area is 94.8 Å². The normalized spacial score (nSPS) is 8.29. The average molecular weight is 310 g/mol. The fourth-order valence-electron chi connectivity index (χ4n) is 0. The molecule has 112 valence electrons. The van der Waals surface area contributed by atoms with Crippen molar-refractivity contribution in [3.8, 4) is 0 Å². The van der Waals surface area contributed by atoms with E-state index in [1.165, 1.54) is 0 Å². The lowest BCUT2D eigenvalue weighted by Crippen LogP contribution is -2.11. The molecule has 0 aliphatic rings. The van der Waals surface area contributed by atoms with Crippen LogP contribution >= 0.6 is 7.82 Å². The summed E-state index contributed by atoms with van der Waals surface area (Å²) in [6.07, 6.45) is 0. The number of rotatable bonds is 0. The summed E-state index contributed by atoms with van der Waals surface area (Å²) in [7, 11) is -9.81. The van der Waals surface area contributed by atoms with E-state index in [-0.39, 0.29) is 18.5 Å². The molecule has 0 aromatic rings. The lowest BCUT2D eigenvalue weighted by Gasteiger charge is -2.19. The van der Waals surface area contributed by atoms with E-state index in [4.69, 9.17) is 52.1 Å². The van der Waals surface area contributed by atoms with Crippen LogP contribution in [0.5, 0.6) is 0 Å². The molecular weight excluding hydrogens is 295 g/mol. The van der Waals surface area contributed by atoms with Gasteiger partial charge in [-0.1, -0.05) is 0 Å². The lowest BCUT2D eigenvalue weighted by molar-refractivity contribution is -0.402. The van der Waals surface area contributed by atoms with Gasteiger partial charge in [-0.05, 0) is 0 Å². The molecule has 0 saturated heterocycles. The van der Waals surface area contributed by atoms with Crippen LogP contribution in [0.2, 0.25) is 0 Å². The molecule has 0 aromatic carbocycles. The molecule has 0 bridgehead atoms. The van der Waals surface area contributed by atoms with Gasteiger partial charge in [-0.3, -0.25) is 9.11 Å². The van der Waals surface area contributed by atoms with Gasteiger partial charge in [-0.25, -0.2) is 0 Å². The Morgan fingerprint density at radius 2 is 1.00 bits per heavy atom. The Hall–Kier alpha value is -0.940. The van der Waals surface area contributed by atoms with Crippen molar-refractivity contribution in [3.63, 3.8) is 0 Å². The van der Waals surface area contributed by atoms with E-state index in [1.807, 2.05) is 0 Å². The third-order valence-electron chi connectivity index (χ3n) is 0. The summed E-state index contributed by atoms with van der Waals surface area (Å²) in [6.45, 7) is 0. The predicted molar refractivity (Wildman–Crippen MR) is 52.3 cm³/mol. The molecule has 0 spiro atoms. The molecule has 0 fully saturated rings. The first kappa shape index (κ1) is 36.0. The quantitative estimate of drug-likeness (QED) is 0.123. The Bertz CT molecular complexity index is 268. The standard InChI is InChI=1S/NO3.3H3N.H3O4P.H2O4S/c2-1(3)4;;;;2*1-5(2,3)4/h;3*1H3;(H3,1,2,3,4);(H2,1,2,3,4)/q-1;;;;;/p+1. The Kier molecular flexibility index (Phi) is 31.9. The average Bonchev–Trinajstić information content (AvgIpc) is 1.45. The smallest absolute Gasteiger partial charge is 0.394 e. The van der Waals surface area contributed by atoms with E-state index in [9.17, 15) is 0 Å². The molecule has 0 unspecified atom stereocenters. The van der Waals surface area contributed by atoms with Gasteiger partial charge in [0.1, 0.15) is 0 Å². The summed E-state index contributed by atoms with van der Waals surface area (Å²) >= 11 is 0. The van der Waals surface area contributed by atoms with Crippen LogP contribution < -0.4 is 28.2 Å². The first-order chi connectivity index (χ1) is 5.73. The van der Waals surface area contributed by atoms with Crippen LogP contribution in [0, 0.1) is 15.3 Å². The van der Waals surface area contributed by atoms with Crippen molar-refractivity contribution in [2.75, 3.05) is 0 Å². The lowest BCUT2D eigenvalue weighted by atomic mass is 13.1. The summed E-state index contributed by atoms with van der Waals surface area (Å²) in [5.74, 6) is 0. The van der Waals surface area contributed by atoms with E-state index < -0.39 is 23.3 Å². The van der Waals surface area contributed by atoms with Crippen LogP contribution in [0.15, 0.2) is 0 Å². The second-order valence-corrected chi connectivity index (χ2v) is 2.97. The number of quaternary nitrogens is 3. The van der Waals surface area contributed by atoms with Crippen molar-refractivity contribution in [1.82, 2.24) is 18.5 Å². The van der Waals surface area contributed by atoms with Crippen molar-refractivity contribution in [1.29, 1.82) is 0 Å². The highest BCUT2D eigenvalue weighted by atomic mass is 32.3. The molecule has 0 atom stereocenters. The summed E-state index contributed by atoms with van der Waals surface area (Å²) in [5.41, 5.74) is 0. The van der Waals surface area contributed by atoms with E-state index >= 15 is 0 Å². The highest BCUT2D eigenvalue weighted by Crippen LogP contribution is 2.11. The topological polar surface area (TPSA) is 334 Å². The van der Waals surface area contributed by atoms with E-state index in [1.54, 1.807) is 0 Å². The van der Waals surface area contributed by atoms with E-state index in [0.717, 1.165) is 0 Å². The fourth-order valence-corrected chi connectivity index (χ4v) is 0. The number of nitrogens with zero attached hydrogens (tertiary/aromatic N) is 1. The zero-order valence-corrected chi connectivity index (χ0v) is 10.6. The fraction of sp³-hybridized carbons (Fsp3) is 0. The van der Waals surface area contributed by atoms with Crippen molar-refractivity contribution in [2.24, 2.45) is 0 Å². The zero-order chi connectivity index (χ0) is 12.6. The maximum absolute atomic E-state index is 8.74. The first-order valence-corrected chi connectivity index (χ1v) is 4.89. The third-order valence-corrected chi connectivity index (χ3v) is 0. The van der Waals surface area contributed by atoms with Crippen molar-refractivity contribution in [2.45, 2.75) is 0 Å². The Balaban J connectivity index is -0.0000000247. The molecule has 0 aliphatic carbocycles. The maximum atomic E-state index is 8.74. The Morgan fingerprint density at radius 3 is 1.00 bits per heavy atom. The second-order valence-electron chi connectivity index (χ2n) is 1.14. The van der Waals surface area contributed by atoms with Gasteiger partial charge in [0.05, 0.1) is 12.9 Å². The summed E-state index contributed by atoms with van der Waals surface area (Å²) in [6, 6.07) is 0. The van der Waals surface area contributed by atoms with Gasteiger partial charge in [0, 0.05) is 0 Å². The Morgan fingerprint density at radius 1 is 1.00 bits per heavy atom. The molecule has 0 aromatic heterocycles. The van der Waals surface area contributed by atoms with Gasteiger partial charge in [-0.15, -0.1) is 0 Å². The van der Waals surface area contributed by atoms with Crippen molar-refractivity contribution >= 4 is 18.2 Å². The monoisotopic (exact) mass is 310 g/mol. The van der Waals surface area contributed by atoms with Gasteiger partial charge in [-0.2, -0.15) is 8.42 Å². The third kappa shape index (κ3) is 2910. The van der Waals surface area contributed by atoms with E-state index in [2.05, 4.69) is 0 Å². The first-order valence-electron chi connectivity index (χ1n) is 1.99.